The van der Waals surface area contributed by atoms with Crippen LogP contribution < -0.4 is 0 Å². The van der Waals surface area contributed by atoms with Gasteiger partial charge < -0.3 is 4.90 Å². The van der Waals surface area contributed by atoms with Gasteiger partial charge in [-0.3, -0.25) is 19.5 Å². The summed E-state index contributed by atoms with van der Waals surface area (Å²) in [7, 11) is 0. The molecule has 0 N–H and O–H groups in total. The van der Waals surface area contributed by atoms with Crippen molar-refractivity contribution in [3.05, 3.63) is 0 Å². The van der Waals surface area contributed by atoms with Gasteiger partial charge in [-0.15, -0.1) is 6.42 Å². The van der Waals surface area contributed by atoms with Crippen molar-refractivity contribution in [2.75, 3.05) is 65.4 Å². The molecule has 2 fully saturated rings. The summed E-state index contributed by atoms with van der Waals surface area (Å²) in [6, 6.07) is 2.34. The molecule has 1 unspecified atom stereocenters. The first kappa shape index (κ1) is 18.7. The predicted octanol–water partition coefficient (Wildman–Crippen LogP) is -0.0704. The maximum Gasteiger partial charge on any atom is 0.236 e. The second-order valence-corrected chi connectivity index (χ2v) is 6.99. The molecule has 2 aliphatic rings. The zero-order valence-electron chi connectivity index (χ0n) is 14.9. The molecule has 0 aromatic carbocycles. The molecule has 0 spiro atoms. The van der Waals surface area contributed by atoms with E-state index in [0.717, 1.165) is 52.4 Å². The Morgan fingerprint density at radius 1 is 1.04 bits per heavy atom. The summed E-state index contributed by atoms with van der Waals surface area (Å²) < 4.78 is 0. The fourth-order valence-electron chi connectivity index (χ4n) is 3.43. The van der Waals surface area contributed by atoms with Crippen LogP contribution in [0.1, 0.15) is 13.8 Å². The Morgan fingerprint density at radius 2 is 1.62 bits per heavy atom. The highest BCUT2D eigenvalue weighted by molar-refractivity contribution is 5.78. The predicted molar refractivity (Wildman–Crippen MR) is 94.1 cm³/mol. The van der Waals surface area contributed by atoms with Gasteiger partial charge in [-0.05, 0) is 5.92 Å². The SMILES string of the molecule is C#CCN1CCN(CC(=O)N2CCN(C(C#N)C(C)C)CC2)CC1. The maximum atomic E-state index is 12.5. The van der Waals surface area contributed by atoms with Crippen LogP contribution in [0.5, 0.6) is 0 Å². The van der Waals surface area contributed by atoms with E-state index in [1.54, 1.807) is 0 Å². The number of amides is 1. The molecule has 2 rings (SSSR count). The summed E-state index contributed by atoms with van der Waals surface area (Å²) in [6.07, 6.45) is 5.34. The van der Waals surface area contributed by atoms with Crippen LogP contribution in [0.15, 0.2) is 0 Å². The Kier molecular flexibility index (Phi) is 7.05. The van der Waals surface area contributed by atoms with Crippen molar-refractivity contribution in [2.24, 2.45) is 5.92 Å². The van der Waals surface area contributed by atoms with Gasteiger partial charge in [0.05, 0.1) is 19.2 Å². The van der Waals surface area contributed by atoms with Crippen LogP contribution >= 0.6 is 0 Å². The Morgan fingerprint density at radius 3 is 2.12 bits per heavy atom. The summed E-state index contributed by atoms with van der Waals surface area (Å²) in [6.45, 7) is 12.0. The molecule has 2 heterocycles. The summed E-state index contributed by atoms with van der Waals surface area (Å²) in [4.78, 5) is 21.1. The molecule has 0 bridgehead atoms. The van der Waals surface area contributed by atoms with E-state index >= 15 is 0 Å². The number of piperazine rings is 2. The molecular weight excluding hydrogens is 302 g/mol. The van der Waals surface area contributed by atoms with Gasteiger partial charge in [0.2, 0.25) is 5.91 Å². The van der Waals surface area contributed by atoms with E-state index in [-0.39, 0.29) is 11.9 Å². The molecule has 1 amide bonds. The van der Waals surface area contributed by atoms with E-state index in [1.165, 1.54) is 0 Å². The van der Waals surface area contributed by atoms with Gasteiger partial charge in [0, 0.05) is 52.4 Å². The maximum absolute atomic E-state index is 12.5. The molecule has 0 aliphatic carbocycles. The molecule has 6 nitrogen and oxygen atoms in total. The first-order valence-corrected chi connectivity index (χ1v) is 8.84. The number of terminal acetylenes is 1. The van der Waals surface area contributed by atoms with Crippen molar-refractivity contribution in [1.29, 1.82) is 5.26 Å². The average Bonchev–Trinajstić information content (AvgIpc) is 2.58. The number of rotatable bonds is 5. The number of hydrogen-bond acceptors (Lipinski definition) is 5. The lowest BCUT2D eigenvalue weighted by Crippen LogP contribution is -2.55. The molecule has 6 heteroatoms. The Balaban J connectivity index is 1.74. The summed E-state index contributed by atoms with van der Waals surface area (Å²) in [5.74, 6) is 3.20. The first-order valence-electron chi connectivity index (χ1n) is 8.84. The van der Waals surface area contributed by atoms with E-state index < -0.39 is 0 Å². The van der Waals surface area contributed by atoms with Gasteiger partial charge in [0.25, 0.3) is 0 Å². The molecule has 2 aliphatic heterocycles. The van der Waals surface area contributed by atoms with Crippen molar-refractivity contribution >= 4 is 5.91 Å². The van der Waals surface area contributed by atoms with Gasteiger partial charge in [-0.1, -0.05) is 19.8 Å². The van der Waals surface area contributed by atoms with Crippen LogP contribution in [0.25, 0.3) is 0 Å². The van der Waals surface area contributed by atoms with Crippen molar-refractivity contribution in [2.45, 2.75) is 19.9 Å². The monoisotopic (exact) mass is 331 g/mol. The lowest BCUT2D eigenvalue weighted by Gasteiger charge is -2.39. The normalized spacial score (nSPS) is 22.1. The molecule has 2 saturated heterocycles. The number of hydrogen-bond donors (Lipinski definition) is 0. The van der Waals surface area contributed by atoms with Gasteiger partial charge in [0.1, 0.15) is 6.04 Å². The van der Waals surface area contributed by atoms with Gasteiger partial charge in [-0.2, -0.15) is 5.26 Å². The second kappa shape index (κ2) is 9.03. The van der Waals surface area contributed by atoms with Gasteiger partial charge in [-0.25, -0.2) is 0 Å². The largest absolute Gasteiger partial charge is 0.339 e. The zero-order chi connectivity index (χ0) is 17.5. The topological polar surface area (TPSA) is 53.8 Å². The van der Waals surface area contributed by atoms with E-state index in [0.29, 0.717) is 19.0 Å². The molecule has 0 aromatic rings. The Labute approximate surface area is 146 Å². The molecular formula is C18H29N5O. The molecule has 0 aromatic heterocycles. The number of carbonyl (C=O) groups excluding carboxylic acids is 1. The van der Waals surface area contributed by atoms with Gasteiger partial charge in [0.15, 0.2) is 0 Å². The Bertz CT molecular complexity index is 491. The summed E-state index contributed by atoms with van der Waals surface area (Å²) in [5, 5.41) is 9.30. The minimum atomic E-state index is -0.0496. The van der Waals surface area contributed by atoms with E-state index in [2.05, 4.69) is 40.5 Å². The van der Waals surface area contributed by atoms with E-state index in [1.807, 2.05) is 4.90 Å². The third kappa shape index (κ3) is 4.95. The highest BCUT2D eigenvalue weighted by Gasteiger charge is 2.28. The molecule has 132 valence electrons. The molecule has 0 saturated carbocycles. The lowest BCUT2D eigenvalue weighted by molar-refractivity contribution is -0.134. The smallest absolute Gasteiger partial charge is 0.236 e. The number of carbonyl (C=O) groups is 1. The fraction of sp³-hybridized carbons (Fsp3) is 0.778. The average molecular weight is 331 g/mol. The summed E-state index contributed by atoms with van der Waals surface area (Å²) in [5.41, 5.74) is 0. The highest BCUT2D eigenvalue weighted by atomic mass is 16.2. The van der Waals surface area contributed by atoms with Crippen LogP contribution in [0.4, 0.5) is 0 Å². The van der Waals surface area contributed by atoms with Gasteiger partial charge >= 0.3 is 0 Å². The fourth-order valence-corrected chi connectivity index (χ4v) is 3.43. The van der Waals surface area contributed by atoms with Crippen LogP contribution in [0.3, 0.4) is 0 Å². The number of nitrogens with zero attached hydrogens (tertiary/aromatic N) is 5. The molecule has 24 heavy (non-hydrogen) atoms. The Hall–Kier alpha value is -1.60. The van der Waals surface area contributed by atoms with E-state index in [9.17, 15) is 10.1 Å². The molecule has 1 atom stereocenters. The van der Waals surface area contributed by atoms with Crippen molar-refractivity contribution in [3.63, 3.8) is 0 Å². The second-order valence-electron chi connectivity index (χ2n) is 6.99. The van der Waals surface area contributed by atoms with Crippen molar-refractivity contribution in [1.82, 2.24) is 19.6 Å². The third-order valence-corrected chi connectivity index (χ3v) is 4.96. The highest BCUT2D eigenvalue weighted by Crippen LogP contribution is 2.13. The van der Waals surface area contributed by atoms with Crippen LogP contribution in [-0.2, 0) is 4.79 Å². The minimum absolute atomic E-state index is 0.0496. The zero-order valence-corrected chi connectivity index (χ0v) is 14.9. The summed E-state index contributed by atoms with van der Waals surface area (Å²) >= 11 is 0. The standard InChI is InChI=1S/C18H29N5O/c1-4-5-20-6-8-21(9-7-20)15-18(24)23-12-10-22(11-13-23)17(14-19)16(2)3/h1,16-17H,5-13,15H2,2-3H3. The molecule has 0 radical (unpaired) electrons. The van der Waals surface area contributed by atoms with E-state index in [4.69, 9.17) is 6.42 Å². The first-order chi connectivity index (χ1) is 11.5. The number of nitriles is 1. The van der Waals surface area contributed by atoms with Crippen LogP contribution in [0, 0.1) is 29.6 Å². The third-order valence-electron chi connectivity index (χ3n) is 4.96. The minimum Gasteiger partial charge on any atom is -0.339 e. The van der Waals surface area contributed by atoms with Crippen molar-refractivity contribution in [3.8, 4) is 18.4 Å². The van der Waals surface area contributed by atoms with Crippen molar-refractivity contribution < 1.29 is 4.79 Å². The van der Waals surface area contributed by atoms with Crippen LogP contribution in [-0.4, -0.2) is 97.0 Å². The quantitative estimate of drug-likeness (QED) is 0.660. The van der Waals surface area contributed by atoms with Crippen LogP contribution in [0.2, 0.25) is 0 Å². The lowest BCUT2D eigenvalue weighted by atomic mass is 10.0.